The molecule has 27 heavy (non-hydrogen) atoms. The lowest BCUT2D eigenvalue weighted by atomic mass is 10.0. The summed E-state index contributed by atoms with van der Waals surface area (Å²) in [5.74, 6) is 0.0391. The van der Waals surface area contributed by atoms with Crippen molar-refractivity contribution in [2.75, 3.05) is 11.4 Å². The van der Waals surface area contributed by atoms with Crippen LogP contribution in [0.4, 0.5) is 5.69 Å². The minimum absolute atomic E-state index is 0.0391. The Kier molecular flexibility index (Phi) is 4.99. The van der Waals surface area contributed by atoms with Crippen LogP contribution in [0.1, 0.15) is 16.7 Å². The smallest absolute Gasteiger partial charge is 0.249 e. The number of nitrogens with zero attached hydrogens (tertiary/aromatic N) is 2. The molecule has 1 heterocycles. The van der Waals surface area contributed by atoms with Gasteiger partial charge in [0, 0.05) is 5.69 Å². The highest BCUT2D eigenvalue weighted by molar-refractivity contribution is 7.80. The number of carbonyl (C=O) groups excluding carboxylic acids is 1. The third-order valence-corrected chi connectivity index (χ3v) is 5.18. The van der Waals surface area contributed by atoms with E-state index in [2.05, 4.69) is 36.4 Å². The molecular formula is C23H20N2OS. The van der Waals surface area contributed by atoms with Crippen molar-refractivity contribution in [1.29, 1.82) is 0 Å². The number of anilines is 1. The summed E-state index contributed by atoms with van der Waals surface area (Å²) in [4.78, 5) is 16.1. The molecule has 1 aliphatic rings. The lowest BCUT2D eigenvalue weighted by molar-refractivity contribution is -0.124. The van der Waals surface area contributed by atoms with E-state index in [1.54, 1.807) is 4.90 Å². The van der Waals surface area contributed by atoms with Gasteiger partial charge in [0.25, 0.3) is 0 Å². The van der Waals surface area contributed by atoms with Gasteiger partial charge in [-0.25, -0.2) is 0 Å². The summed E-state index contributed by atoms with van der Waals surface area (Å²) in [6, 6.07) is 28.6. The Hall–Kier alpha value is -2.98. The first-order chi connectivity index (χ1) is 13.2. The fraction of sp³-hybridized carbons (Fsp3) is 0.130. The average Bonchev–Trinajstić information content (AvgIpc) is 2.98. The van der Waals surface area contributed by atoms with Crippen molar-refractivity contribution in [2.24, 2.45) is 0 Å². The topological polar surface area (TPSA) is 23.6 Å². The summed E-state index contributed by atoms with van der Waals surface area (Å²) in [7, 11) is 0. The molecule has 3 nitrogen and oxygen atoms in total. The number of amides is 1. The number of thiocarbonyl (C=S) groups is 1. The molecule has 0 atom stereocenters. The van der Waals surface area contributed by atoms with Crippen LogP contribution in [0.3, 0.4) is 0 Å². The van der Waals surface area contributed by atoms with Gasteiger partial charge in [0.15, 0.2) is 5.11 Å². The number of rotatable bonds is 5. The van der Waals surface area contributed by atoms with Crippen LogP contribution in [0.25, 0.3) is 0 Å². The third kappa shape index (κ3) is 3.91. The van der Waals surface area contributed by atoms with Crippen LogP contribution in [0, 0.1) is 0 Å². The standard InChI is InChI=1S/C23H20N2OS/c26-22-17-24(23(27)25(22)16-20-9-5-2-6-10-20)21-13-11-19(12-14-21)15-18-7-3-1-4-8-18/h1-14H,15-17H2. The predicted octanol–water partition coefficient (Wildman–Crippen LogP) is 4.41. The molecule has 0 N–H and O–H groups in total. The molecular weight excluding hydrogens is 352 g/mol. The van der Waals surface area contributed by atoms with Crippen LogP contribution in [0.15, 0.2) is 84.9 Å². The van der Waals surface area contributed by atoms with Gasteiger partial charge in [-0.1, -0.05) is 72.8 Å². The van der Waals surface area contributed by atoms with Gasteiger partial charge in [-0.05, 0) is 47.5 Å². The maximum Gasteiger partial charge on any atom is 0.249 e. The van der Waals surface area contributed by atoms with Crippen LogP contribution >= 0.6 is 12.2 Å². The van der Waals surface area contributed by atoms with E-state index in [0.29, 0.717) is 18.2 Å². The highest BCUT2D eigenvalue weighted by Gasteiger charge is 2.33. The first kappa shape index (κ1) is 17.4. The maximum atomic E-state index is 12.5. The zero-order valence-corrected chi connectivity index (χ0v) is 15.7. The Morgan fingerprint density at radius 1 is 0.741 bits per heavy atom. The fourth-order valence-electron chi connectivity index (χ4n) is 3.29. The fourth-order valence-corrected chi connectivity index (χ4v) is 3.63. The Morgan fingerprint density at radius 3 is 1.93 bits per heavy atom. The summed E-state index contributed by atoms with van der Waals surface area (Å²) in [5, 5.41) is 0.569. The summed E-state index contributed by atoms with van der Waals surface area (Å²) in [6.45, 7) is 0.810. The van der Waals surface area contributed by atoms with Gasteiger partial charge >= 0.3 is 0 Å². The van der Waals surface area contributed by atoms with E-state index in [-0.39, 0.29) is 5.91 Å². The van der Waals surface area contributed by atoms with Gasteiger partial charge < -0.3 is 4.90 Å². The van der Waals surface area contributed by atoms with Crippen LogP contribution in [0.5, 0.6) is 0 Å². The molecule has 0 bridgehead atoms. The SMILES string of the molecule is O=C1CN(c2ccc(Cc3ccccc3)cc2)C(=S)N1Cc1ccccc1. The molecule has 3 aromatic rings. The molecule has 1 aliphatic heterocycles. The van der Waals surface area contributed by atoms with Crippen LogP contribution in [-0.2, 0) is 17.8 Å². The van der Waals surface area contributed by atoms with Crippen molar-refractivity contribution in [3.8, 4) is 0 Å². The van der Waals surface area contributed by atoms with E-state index < -0.39 is 0 Å². The van der Waals surface area contributed by atoms with Crippen LogP contribution < -0.4 is 4.90 Å². The Bertz CT molecular complexity index is 939. The second-order valence-corrected chi connectivity index (χ2v) is 7.03. The highest BCUT2D eigenvalue weighted by Crippen LogP contribution is 2.24. The van der Waals surface area contributed by atoms with Crippen molar-refractivity contribution >= 4 is 28.9 Å². The van der Waals surface area contributed by atoms with Gasteiger partial charge in [0.2, 0.25) is 5.91 Å². The van der Waals surface area contributed by atoms with E-state index in [1.165, 1.54) is 11.1 Å². The normalized spacial score (nSPS) is 14.1. The van der Waals surface area contributed by atoms with Crippen molar-refractivity contribution < 1.29 is 4.79 Å². The van der Waals surface area contributed by atoms with E-state index in [0.717, 1.165) is 17.7 Å². The third-order valence-electron chi connectivity index (χ3n) is 4.74. The molecule has 1 fully saturated rings. The van der Waals surface area contributed by atoms with Gasteiger partial charge in [-0.15, -0.1) is 0 Å². The quantitative estimate of drug-likeness (QED) is 0.620. The maximum absolute atomic E-state index is 12.5. The number of hydrogen-bond donors (Lipinski definition) is 0. The molecule has 1 amide bonds. The van der Waals surface area contributed by atoms with Crippen molar-refractivity contribution in [3.63, 3.8) is 0 Å². The molecule has 0 aromatic heterocycles. The van der Waals surface area contributed by atoms with Crippen molar-refractivity contribution in [2.45, 2.75) is 13.0 Å². The molecule has 0 radical (unpaired) electrons. The predicted molar refractivity (Wildman–Crippen MR) is 113 cm³/mol. The van der Waals surface area contributed by atoms with Gasteiger partial charge in [0.1, 0.15) is 6.54 Å². The van der Waals surface area contributed by atoms with Gasteiger partial charge in [0.05, 0.1) is 6.54 Å². The van der Waals surface area contributed by atoms with Crippen LogP contribution in [-0.4, -0.2) is 22.5 Å². The highest BCUT2D eigenvalue weighted by atomic mass is 32.1. The lowest BCUT2D eigenvalue weighted by Crippen LogP contribution is -2.32. The zero-order valence-electron chi connectivity index (χ0n) is 14.9. The molecule has 4 heteroatoms. The molecule has 0 aliphatic carbocycles. The molecule has 0 saturated carbocycles. The molecule has 0 spiro atoms. The van der Waals surface area contributed by atoms with E-state index in [9.17, 15) is 4.79 Å². The Labute approximate surface area is 164 Å². The van der Waals surface area contributed by atoms with Gasteiger partial charge in [-0.2, -0.15) is 0 Å². The molecule has 1 saturated heterocycles. The average molecular weight is 372 g/mol. The lowest BCUT2D eigenvalue weighted by Gasteiger charge is -2.20. The van der Waals surface area contributed by atoms with Crippen molar-refractivity contribution in [3.05, 3.63) is 102 Å². The minimum Gasteiger partial charge on any atom is -0.309 e. The second kappa shape index (κ2) is 7.72. The second-order valence-electron chi connectivity index (χ2n) is 6.66. The van der Waals surface area contributed by atoms with E-state index >= 15 is 0 Å². The van der Waals surface area contributed by atoms with E-state index in [4.69, 9.17) is 12.2 Å². The Balaban J connectivity index is 1.47. The summed E-state index contributed by atoms with van der Waals surface area (Å²) in [6.07, 6.45) is 0.893. The monoisotopic (exact) mass is 372 g/mol. The van der Waals surface area contributed by atoms with Crippen LogP contribution in [0.2, 0.25) is 0 Å². The first-order valence-electron chi connectivity index (χ1n) is 8.99. The molecule has 3 aromatic carbocycles. The molecule has 4 rings (SSSR count). The van der Waals surface area contributed by atoms with E-state index in [1.807, 2.05) is 53.4 Å². The molecule has 0 unspecified atom stereocenters. The summed E-state index contributed by atoms with van der Waals surface area (Å²) in [5.41, 5.74) is 4.56. The summed E-state index contributed by atoms with van der Waals surface area (Å²) < 4.78 is 0. The zero-order chi connectivity index (χ0) is 18.6. The molecule has 134 valence electrons. The minimum atomic E-state index is 0.0391. The number of carbonyl (C=O) groups is 1. The van der Waals surface area contributed by atoms with Crippen molar-refractivity contribution in [1.82, 2.24) is 4.90 Å². The number of benzene rings is 3. The summed E-state index contributed by atoms with van der Waals surface area (Å²) >= 11 is 5.59. The largest absolute Gasteiger partial charge is 0.309 e. The van der Waals surface area contributed by atoms with Gasteiger partial charge in [-0.3, -0.25) is 9.69 Å². The first-order valence-corrected chi connectivity index (χ1v) is 9.40. The number of hydrogen-bond acceptors (Lipinski definition) is 2. The Morgan fingerprint density at radius 2 is 1.30 bits per heavy atom.